The minimum atomic E-state index is -3.37. The second kappa shape index (κ2) is 8.02. The van der Waals surface area contributed by atoms with Crippen molar-refractivity contribution < 1.29 is 22.7 Å². The van der Waals surface area contributed by atoms with Gasteiger partial charge in [-0.15, -0.1) is 0 Å². The summed E-state index contributed by atoms with van der Waals surface area (Å²) >= 11 is 0. The summed E-state index contributed by atoms with van der Waals surface area (Å²) in [5, 5.41) is 2.73. The quantitative estimate of drug-likeness (QED) is 0.794. The van der Waals surface area contributed by atoms with Gasteiger partial charge in [-0.3, -0.25) is 9.10 Å². The number of ether oxygens (including phenoxy) is 1. The lowest BCUT2D eigenvalue weighted by Gasteiger charge is -2.29. The average molecular weight is 402 g/mol. The minimum absolute atomic E-state index is 0.114. The molecule has 1 heterocycles. The number of hydrogen-bond donors (Lipinski definition) is 1. The Kier molecular flexibility index (Phi) is 5.69. The van der Waals surface area contributed by atoms with Crippen LogP contribution in [0.4, 0.5) is 11.4 Å². The first kappa shape index (κ1) is 19.9. The summed E-state index contributed by atoms with van der Waals surface area (Å²) in [5.74, 6) is -0.773. The van der Waals surface area contributed by atoms with E-state index in [1.165, 1.54) is 17.5 Å². The van der Waals surface area contributed by atoms with Crippen molar-refractivity contribution in [2.24, 2.45) is 0 Å². The Labute approximate surface area is 164 Å². The van der Waals surface area contributed by atoms with Crippen molar-refractivity contribution in [1.82, 2.24) is 0 Å². The fraction of sp³-hybridized carbons (Fsp3) is 0.300. The van der Waals surface area contributed by atoms with Crippen LogP contribution in [0.25, 0.3) is 0 Å². The van der Waals surface area contributed by atoms with Gasteiger partial charge in [0.1, 0.15) is 0 Å². The van der Waals surface area contributed by atoms with Gasteiger partial charge in [-0.05, 0) is 55.7 Å². The van der Waals surface area contributed by atoms with E-state index in [1.54, 1.807) is 36.4 Å². The highest BCUT2D eigenvalue weighted by Gasteiger charge is 2.27. The Morgan fingerprint density at radius 2 is 1.86 bits per heavy atom. The molecule has 0 aliphatic carbocycles. The molecule has 0 bridgehead atoms. The van der Waals surface area contributed by atoms with E-state index in [-0.39, 0.29) is 5.75 Å². The van der Waals surface area contributed by atoms with Crippen LogP contribution in [-0.4, -0.2) is 39.7 Å². The molecule has 0 spiro atoms. The average Bonchev–Trinajstić information content (AvgIpc) is 2.68. The van der Waals surface area contributed by atoms with E-state index in [1.807, 2.05) is 6.92 Å². The molecule has 0 saturated carbocycles. The normalized spacial score (nSPS) is 15.7. The lowest BCUT2D eigenvalue weighted by Crippen LogP contribution is -2.38. The molecule has 2 aromatic carbocycles. The molecule has 1 aliphatic rings. The van der Waals surface area contributed by atoms with Crippen molar-refractivity contribution >= 4 is 33.3 Å². The van der Waals surface area contributed by atoms with Gasteiger partial charge in [0.15, 0.2) is 0 Å². The second-order valence-corrected chi connectivity index (χ2v) is 8.64. The predicted molar refractivity (Wildman–Crippen MR) is 107 cm³/mol. The topological polar surface area (TPSA) is 92.8 Å². The van der Waals surface area contributed by atoms with Crippen molar-refractivity contribution in [3.05, 3.63) is 59.2 Å². The Morgan fingerprint density at radius 1 is 1.07 bits per heavy atom. The highest BCUT2D eigenvalue weighted by molar-refractivity contribution is 7.92. The van der Waals surface area contributed by atoms with E-state index in [0.717, 1.165) is 12.0 Å². The number of aryl methyl sites for hydroxylation is 1. The molecule has 2 aromatic rings. The van der Waals surface area contributed by atoms with Crippen molar-refractivity contribution in [1.29, 1.82) is 0 Å². The Hall–Kier alpha value is -2.87. The first-order valence-electron chi connectivity index (χ1n) is 8.92. The number of anilines is 2. The maximum absolute atomic E-state index is 12.7. The second-order valence-electron chi connectivity index (χ2n) is 6.62. The van der Waals surface area contributed by atoms with Gasteiger partial charge in [0.25, 0.3) is 5.91 Å². The van der Waals surface area contributed by atoms with Crippen LogP contribution in [0, 0.1) is 6.92 Å². The Balaban J connectivity index is 1.86. The zero-order chi connectivity index (χ0) is 20.3. The van der Waals surface area contributed by atoms with E-state index in [4.69, 9.17) is 0 Å². The zero-order valence-electron chi connectivity index (χ0n) is 15.8. The smallest absolute Gasteiger partial charge is 0.337 e. The molecule has 0 aromatic heterocycles. The van der Waals surface area contributed by atoms with Gasteiger partial charge in [-0.2, -0.15) is 0 Å². The van der Waals surface area contributed by atoms with Crippen molar-refractivity contribution in [3.63, 3.8) is 0 Å². The van der Waals surface area contributed by atoms with Gasteiger partial charge >= 0.3 is 5.97 Å². The number of carbonyl (C=O) groups is 2. The molecule has 1 saturated heterocycles. The molecule has 0 unspecified atom stereocenters. The molecule has 3 rings (SSSR count). The highest BCUT2D eigenvalue weighted by Crippen LogP contribution is 2.28. The molecule has 1 aliphatic heterocycles. The van der Waals surface area contributed by atoms with Crippen LogP contribution in [0.2, 0.25) is 0 Å². The van der Waals surface area contributed by atoms with E-state index >= 15 is 0 Å². The third kappa shape index (κ3) is 4.17. The molecular formula is C20H22N2O5S. The summed E-state index contributed by atoms with van der Waals surface area (Å²) in [6.45, 7) is 2.23. The summed E-state index contributed by atoms with van der Waals surface area (Å²) < 4.78 is 30.9. The summed E-state index contributed by atoms with van der Waals surface area (Å²) in [7, 11) is -2.08. The number of sulfonamides is 1. The molecule has 7 nitrogen and oxygen atoms in total. The molecule has 148 valence electrons. The molecule has 1 fully saturated rings. The van der Waals surface area contributed by atoms with Crippen LogP contribution in [-0.2, 0) is 14.8 Å². The predicted octanol–water partition coefficient (Wildman–Crippen LogP) is 2.96. The van der Waals surface area contributed by atoms with Gasteiger partial charge in [0.05, 0.1) is 24.1 Å². The Morgan fingerprint density at radius 3 is 2.57 bits per heavy atom. The number of benzene rings is 2. The highest BCUT2D eigenvalue weighted by atomic mass is 32.2. The number of esters is 1. The molecule has 8 heteroatoms. The number of methoxy groups -OCH3 is 1. The van der Waals surface area contributed by atoms with Gasteiger partial charge in [0, 0.05) is 17.8 Å². The van der Waals surface area contributed by atoms with E-state index in [9.17, 15) is 18.0 Å². The number of nitrogens with zero attached hydrogens (tertiary/aromatic N) is 1. The maximum atomic E-state index is 12.7. The first-order valence-corrected chi connectivity index (χ1v) is 10.5. The van der Waals surface area contributed by atoms with Crippen molar-refractivity contribution in [3.8, 4) is 0 Å². The van der Waals surface area contributed by atoms with Crippen molar-refractivity contribution in [2.45, 2.75) is 19.8 Å². The standard InChI is InChI=1S/C20H22N2O5S/c1-14-8-9-15(13-18(14)22-10-3-4-11-28(22,25)26)19(23)21-17-7-5-6-16(12-17)20(24)27-2/h5-9,12-13H,3-4,10-11H2,1-2H3,(H,21,23). The molecule has 0 atom stereocenters. The Bertz CT molecular complexity index is 1020. The van der Waals surface area contributed by atoms with E-state index in [2.05, 4.69) is 10.1 Å². The SMILES string of the molecule is COC(=O)c1cccc(NC(=O)c2ccc(C)c(N3CCCCS3(=O)=O)c2)c1. The van der Waals surface area contributed by atoms with E-state index in [0.29, 0.717) is 35.5 Å². The fourth-order valence-corrected chi connectivity index (χ4v) is 4.82. The summed E-state index contributed by atoms with van der Waals surface area (Å²) in [4.78, 5) is 24.3. The van der Waals surface area contributed by atoms with Crippen LogP contribution in [0.1, 0.15) is 39.1 Å². The molecule has 0 radical (unpaired) electrons. The maximum Gasteiger partial charge on any atom is 0.337 e. The number of rotatable bonds is 4. The third-order valence-corrected chi connectivity index (χ3v) is 6.49. The monoisotopic (exact) mass is 402 g/mol. The lowest BCUT2D eigenvalue weighted by molar-refractivity contribution is 0.0600. The van der Waals surface area contributed by atoms with Crippen LogP contribution in [0.5, 0.6) is 0 Å². The van der Waals surface area contributed by atoms with Gasteiger partial charge in [-0.1, -0.05) is 12.1 Å². The third-order valence-electron chi connectivity index (χ3n) is 4.63. The summed E-state index contributed by atoms with van der Waals surface area (Å²) in [6.07, 6.45) is 1.43. The lowest BCUT2D eigenvalue weighted by atomic mass is 10.1. The number of amides is 1. The van der Waals surface area contributed by atoms with Crippen LogP contribution < -0.4 is 9.62 Å². The number of carbonyl (C=O) groups excluding carboxylic acids is 2. The van der Waals surface area contributed by atoms with Crippen LogP contribution in [0.3, 0.4) is 0 Å². The molecule has 28 heavy (non-hydrogen) atoms. The zero-order valence-corrected chi connectivity index (χ0v) is 16.6. The van der Waals surface area contributed by atoms with E-state index < -0.39 is 21.9 Å². The van der Waals surface area contributed by atoms with Gasteiger partial charge < -0.3 is 10.1 Å². The summed E-state index contributed by atoms with van der Waals surface area (Å²) in [6, 6.07) is 11.4. The minimum Gasteiger partial charge on any atom is -0.465 e. The fourth-order valence-electron chi connectivity index (χ4n) is 3.12. The molecule has 1 N–H and O–H groups in total. The first-order chi connectivity index (χ1) is 13.3. The number of hydrogen-bond acceptors (Lipinski definition) is 5. The molecular weight excluding hydrogens is 380 g/mol. The van der Waals surface area contributed by atoms with Gasteiger partial charge in [-0.25, -0.2) is 13.2 Å². The number of nitrogens with one attached hydrogen (secondary N) is 1. The van der Waals surface area contributed by atoms with Crippen LogP contribution >= 0.6 is 0 Å². The van der Waals surface area contributed by atoms with Crippen LogP contribution in [0.15, 0.2) is 42.5 Å². The largest absolute Gasteiger partial charge is 0.465 e. The summed E-state index contributed by atoms with van der Waals surface area (Å²) in [5.41, 5.74) is 2.42. The van der Waals surface area contributed by atoms with Gasteiger partial charge in [0.2, 0.25) is 10.0 Å². The molecule has 1 amide bonds. The van der Waals surface area contributed by atoms with Crippen molar-refractivity contribution in [2.75, 3.05) is 29.0 Å².